The fourth-order valence-corrected chi connectivity index (χ4v) is 3.18. The van der Waals surface area contributed by atoms with Crippen molar-refractivity contribution in [2.24, 2.45) is 0 Å². The van der Waals surface area contributed by atoms with E-state index in [1.807, 2.05) is 80.5 Å². The number of hydrogen-bond acceptors (Lipinski definition) is 2. The highest BCUT2D eigenvalue weighted by Crippen LogP contribution is 2.25. The Kier molecular flexibility index (Phi) is 6.09. The maximum Gasteiger partial charge on any atom is 0.254 e. The van der Waals surface area contributed by atoms with E-state index in [0.29, 0.717) is 12.1 Å². The zero-order chi connectivity index (χ0) is 20.1. The van der Waals surface area contributed by atoms with Crippen LogP contribution < -0.4 is 4.90 Å². The van der Waals surface area contributed by atoms with Crippen LogP contribution in [0.2, 0.25) is 0 Å². The topological polar surface area (TPSA) is 23.6 Å². The number of anilines is 1. The number of rotatable bonds is 6. The third kappa shape index (κ3) is 4.58. The van der Waals surface area contributed by atoms with Gasteiger partial charge in [0.05, 0.1) is 6.04 Å². The van der Waals surface area contributed by atoms with Crippen molar-refractivity contribution in [3.63, 3.8) is 0 Å². The first kappa shape index (κ1) is 19.6. The lowest BCUT2D eigenvalue weighted by molar-refractivity contribution is 0.0673. The van der Waals surface area contributed by atoms with E-state index in [0.717, 1.165) is 16.8 Å². The highest BCUT2D eigenvalue weighted by molar-refractivity contribution is 5.94. The fourth-order valence-electron chi connectivity index (χ4n) is 3.18. The smallest absolute Gasteiger partial charge is 0.254 e. The Morgan fingerprint density at radius 3 is 2.21 bits per heavy atom. The normalized spacial score (nSPS) is 11.7. The van der Waals surface area contributed by atoms with Gasteiger partial charge in [-0.3, -0.25) is 4.79 Å². The number of carbonyl (C=O) groups is 1. The maximum atomic E-state index is 13.7. The largest absolute Gasteiger partial charge is 0.378 e. The molecule has 0 heterocycles. The van der Waals surface area contributed by atoms with Crippen LogP contribution in [-0.2, 0) is 6.54 Å². The second-order valence-corrected chi connectivity index (χ2v) is 7.09. The van der Waals surface area contributed by atoms with Crippen LogP contribution in [0.25, 0.3) is 0 Å². The summed E-state index contributed by atoms with van der Waals surface area (Å²) in [5.74, 6) is -0.596. The molecule has 144 valence electrons. The van der Waals surface area contributed by atoms with Crippen molar-refractivity contribution in [3.8, 4) is 0 Å². The van der Waals surface area contributed by atoms with Crippen LogP contribution in [0.15, 0.2) is 78.9 Å². The van der Waals surface area contributed by atoms with Crippen LogP contribution in [0, 0.1) is 5.82 Å². The first-order valence-electron chi connectivity index (χ1n) is 9.33. The van der Waals surface area contributed by atoms with E-state index < -0.39 is 5.82 Å². The molecule has 0 aromatic heterocycles. The summed E-state index contributed by atoms with van der Waals surface area (Å²) in [5, 5.41) is 0. The van der Waals surface area contributed by atoms with E-state index in [9.17, 15) is 9.18 Å². The summed E-state index contributed by atoms with van der Waals surface area (Å²) in [4.78, 5) is 17.1. The van der Waals surface area contributed by atoms with Gasteiger partial charge in [-0.05, 0) is 48.4 Å². The molecule has 0 saturated heterocycles. The Morgan fingerprint density at radius 2 is 1.61 bits per heavy atom. The summed E-state index contributed by atoms with van der Waals surface area (Å²) in [5.41, 5.74) is 3.52. The third-order valence-corrected chi connectivity index (χ3v) is 4.89. The van der Waals surface area contributed by atoms with Gasteiger partial charge in [0.15, 0.2) is 0 Å². The molecule has 4 heteroatoms. The Balaban J connectivity index is 1.93. The van der Waals surface area contributed by atoms with Crippen LogP contribution in [0.3, 0.4) is 0 Å². The number of carbonyl (C=O) groups excluding carboxylic acids is 1. The van der Waals surface area contributed by atoms with Gasteiger partial charge in [-0.15, -0.1) is 0 Å². The van der Waals surface area contributed by atoms with Gasteiger partial charge in [-0.25, -0.2) is 4.39 Å². The predicted octanol–water partition coefficient (Wildman–Crippen LogP) is 5.30. The summed E-state index contributed by atoms with van der Waals surface area (Å²) in [6.45, 7) is 2.44. The average molecular weight is 376 g/mol. The third-order valence-electron chi connectivity index (χ3n) is 4.89. The van der Waals surface area contributed by atoms with Crippen molar-refractivity contribution < 1.29 is 9.18 Å². The van der Waals surface area contributed by atoms with Gasteiger partial charge in [0.2, 0.25) is 0 Å². The molecule has 3 rings (SSSR count). The monoisotopic (exact) mass is 376 g/mol. The summed E-state index contributed by atoms with van der Waals surface area (Å²) < 4.78 is 13.7. The van der Waals surface area contributed by atoms with Crippen molar-refractivity contribution in [2.45, 2.75) is 19.5 Å². The van der Waals surface area contributed by atoms with Gasteiger partial charge >= 0.3 is 0 Å². The molecule has 28 heavy (non-hydrogen) atoms. The maximum absolute atomic E-state index is 13.7. The minimum atomic E-state index is -0.409. The van der Waals surface area contributed by atoms with Crippen LogP contribution in [0.5, 0.6) is 0 Å². The summed E-state index contributed by atoms with van der Waals surface area (Å²) >= 11 is 0. The van der Waals surface area contributed by atoms with Gasteiger partial charge < -0.3 is 9.80 Å². The highest BCUT2D eigenvalue weighted by Gasteiger charge is 2.23. The van der Waals surface area contributed by atoms with Gasteiger partial charge in [0, 0.05) is 31.9 Å². The molecule has 1 atom stereocenters. The van der Waals surface area contributed by atoms with Crippen LogP contribution in [0.4, 0.5) is 10.1 Å². The quantitative estimate of drug-likeness (QED) is 0.583. The number of nitrogens with zero attached hydrogens (tertiary/aromatic N) is 2. The Labute approximate surface area is 166 Å². The molecule has 0 radical (unpaired) electrons. The van der Waals surface area contributed by atoms with E-state index in [-0.39, 0.29) is 11.9 Å². The first-order valence-corrected chi connectivity index (χ1v) is 9.33. The molecule has 3 aromatic rings. The average Bonchev–Trinajstić information content (AvgIpc) is 2.72. The Hall–Kier alpha value is -3.14. The van der Waals surface area contributed by atoms with E-state index >= 15 is 0 Å². The fraction of sp³-hybridized carbons (Fsp3) is 0.208. The van der Waals surface area contributed by atoms with Gasteiger partial charge in [-0.2, -0.15) is 0 Å². The molecule has 0 N–H and O–H groups in total. The Bertz CT molecular complexity index is 923. The summed E-state index contributed by atoms with van der Waals surface area (Å²) in [6, 6.07) is 23.7. The molecule has 0 saturated carbocycles. The lowest BCUT2D eigenvalue weighted by atomic mass is 10.0. The summed E-state index contributed by atoms with van der Waals surface area (Å²) in [7, 11) is 3.98. The minimum Gasteiger partial charge on any atom is -0.378 e. The number of halogens is 1. The van der Waals surface area contributed by atoms with Gasteiger partial charge in [0.1, 0.15) is 5.82 Å². The molecule has 3 nitrogen and oxygen atoms in total. The molecule has 0 aliphatic rings. The SMILES string of the molecule is CC(c1ccccc1)N(Cc1ccc(N(C)C)cc1)C(=O)c1cccc(F)c1. The van der Waals surface area contributed by atoms with Crippen LogP contribution in [0.1, 0.15) is 34.5 Å². The van der Waals surface area contributed by atoms with E-state index in [4.69, 9.17) is 0 Å². The second-order valence-electron chi connectivity index (χ2n) is 7.09. The van der Waals surface area contributed by atoms with Crippen molar-refractivity contribution in [3.05, 3.63) is 101 Å². The van der Waals surface area contributed by atoms with Crippen molar-refractivity contribution in [1.82, 2.24) is 4.90 Å². The number of benzene rings is 3. The predicted molar refractivity (Wildman–Crippen MR) is 112 cm³/mol. The molecule has 1 amide bonds. The molecule has 3 aromatic carbocycles. The van der Waals surface area contributed by atoms with E-state index in [1.54, 1.807) is 17.0 Å². The Morgan fingerprint density at radius 1 is 0.929 bits per heavy atom. The zero-order valence-corrected chi connectivity index (χ0v) is 16.5. The molecular formula is C24H25FN2O. The molecule has 0 aliphatic carbocycles. The standard InChI is InChI=1S/C24H25FN2O/c1-18(20-8-5-4-6-9-20)27(24(28)21-10-7-11-22(25)16-21)17-19-12-14-23(15-13-19)26(2)3/h4-16,18H,17H2,1-3H3. The van der Waals surface area contributed by atoms with E-state index in [1.165, 1.54) is 12.1 Å². The van der Waals surface area contributed by atoms with Crippen molar-refractivity contribution in [1.29, 1.82) is 0 Å². The molecule has 0 fully saturated rings. The highest BCUT2D eigenvalue weighted by atomic mass is 19.1. The molecule has 0 aliphatic heterocycles. The van der Waals surface area contributed by atoms with Crippen LogP contribution >= 0.6 is 0 Å². The van der Waals surface area contributed by atoms with Crippen molar-refractivity contribution >= 4 is 11.6 Å². The molecule has 0 spiro atoms. The number of hydrogen-bond donors (Lipinski definition) is 0. The first-order chi connectivity index (χ1) is 13.5. The van der Waals surface area contributed by atoms with Gasteiger partial charge in [-0.1, -0.05) is 48.5 Å². The minimum absolute atomic E-state index is 0.148. The lowest BCUT2D eigenvalue weighted by Gasteiger charge is -2.30. The molecule has 0 bridgehead atoms. The van der Waals surface area contributed by atoms with Gasteiger partial charge in [0.25, 0.3) is 5.91 Å². The summed E-state index contributed by atoms with van der Waals surface area (Å²) in [6.07, 6.45) is 0. The van der Waals surface area contributed by atoms with Crippen LogP contribution in [-0.4, -0.2) is 24.9 Å². The number of amides is 1. The lowest BCUT2D eigenvalue weighted by Crippen LogP contribution is -2.33. The van der Waals surface area contributed by atoms with E-state index in [2.05, 4.69) is 0 Å². The molecular weight excluding hydrogens is 351 g/mol. The second kappa shape index (κ2) is 8.70. The molecule has 1 unspecified atom stereocenters. The zero-order valence-electron chi connectivity index (χ0n) is 16.5. The van der Waals surface area contributed by atoms with Crippen molar-refractivity contribution in [2.75, 3.05) is 19.0 Å².